The molecule has 19 heteroatoms. The molecule has 9 fully saturated rings. The normalized spacial score (nSPS) is 44.8. The lowest BCUT2D eigenvalue weighted by atomic mass is 9.58. The van der Waals surface area contributed by atoms with Crippen molar-refractivity contribution in [3.63, 3.8) is 0 Å². The van der Waals surface area contributed by atoms with Crippen molar-refractivity contribution in [3.05, 3.63) is 0 Å². The summed E-state index contributed by atoms with van der Waals surface area (Å²) in [6.07, 6.45) is 7.70. The largest absolute Gasteiger partial charge is 0.465 e. The van der Waals surface area contributed by atoms with Gasteiger partial charge in [-0.1, -0.05) is 39.0 Å². The highest BCUT2D eigenvalue weighted by Gasteiger charge is 2.69. The quantitative estimate of drug-likeness (QED) is 0.188. The molecule has 1 N–H and O–H groups in total. The number of ether oxygens (including phenoxy) is 8. The number of carbonyl (C=O) groups excluding carboxylic acids is 2. The lowest BCUT2D eigenvalue weighted by Crippen LogP contribution is -2.67. The summed E-state index contributed by atoms with van der Waals surface area (Å²) in [6.45, 7) is -5.46. The van der Waals surface area contributed by atoms with Crippen molar-refractivity contribution in [1.29, 1.82) is 0 Å². The fraction of sp³-hybridized carbons (Fsp3) is 0.956. The first-order valence-electron chi connectivity index (χ1n) is 23.4. The van der Waals surface area contributed by atoms with E-state index in [1.807, 2.05) is 0 Å². The van der Waals surface area contributed by atoms with E-state index in [-0.39, 0.29) is 76.3 Å². The van der Waals surface area contributed by atoms with Gasteiger partial charge >= 0.3 is 35.6 Å². The van der Waals surface area contributed by atoms with Gasteiger partial charge < -0.3 is 43.0 Å². The molecule has 6 bridgehead atoms. The average Bonchev–Trinajstić information content (AvgIpc) is 3.41. The molecule has 9 aliphatic rings. The smallest absolute Gasteiger partial charge is 0.335 e. The minimum absolute atomic E-state index is 0.00353. The number of hydrogen-bond donors (Lipinski definition) is 1. The van der Waals surface area contributed by atoms with Gasteiger partial charge in [-0.05, 0) is 94.3 Å². The monoisotopic (exact) mass is 930 g/mol. The molecule has 3 aliphatic heterocycles. The molecule has 0 aromatic carbocycles. The summed E-state index contributed by atoms with van der Waals surface area (Å²) in [5.41, 5.74) is -4.35. The Morgan fingerprint density at radius 3 is 1.77 bits per heavy atom. The molecule has 6 saturated carbocycles. The van der Waals surface area contributed by atoms with Gasteiger partial charge in [0.2, 0.25) is 0 Å². The fourth-order valence-corrected chi connectivity index (χ4v) is 13.6. The molecule has 0 aromatic rings. The van der Waals surface area contributed by atoms with Crippen molar-refractivity contribution < 1.29 is 87.7 Å². The molecule has 9 unspecified atom stereocenters. The Balaban J connectivity index is 0.895. The summed E-state index contributed by atoms with van der Waals surface area (Å²) >= 11 is 0. The number of aliphatic hydroxyl groups is 1. The van der Waals surface area contributed by atoms with Gasteiger partial charge in [0.1, 0.15) is 45.2 Å². The van der Waals surface area contributed by atoms with Crippen molar-refractivity contribution >= 4 is 11.9 Å². The highest BCUT2D eigenvalue weighted by Crippen LogP contribution is 2.58. The Kier molecular flexibility index (Phi) is 12.5. The molecule has 0 aromatic heterocycles. The Morgan fingerprint density at radius 1 is 0.578 bits per heavy atom. The van der Waals surface area contributed by atoms with Gasteiger partial charge in [0.05, 0.1) is 30.0 Å². The minimum atomic E-state index is -4.55. The third kappa shape index (κ3) is 8.61. The van der Waals surface area contributed by atoms with Gasteiger partial charge in [-0.15, -0.1) is 0 Å². The first-order chi connectivity index (χ1) is 30.1. The maximum atomic E-state index is 14.5. The molecule has 9 rings (SSSR count). The van der Waals surface area contributed by atoms with Crippen LogP contribution in [0, 0.1) is 58.2 Å². The van der Waals surface area contributed by atoms with E-state index >= 15 is 0 Å². The molecule has 9 atom stereocenters. The fourth-order valence-electron chi connectivity index (χ4n) is 13.6. The van der Waals surface area contributed by atoms with E-state index in [2.05, 4.69) is 0 Å². The molecule has 1 spiro atoms. The second-order valence-electron chi connectivity index (χ2n) is 21.7. The summed E-state index contributed by atoms with van der Waals surface area (Å²) in [5, 5.41) is 12.1. The van der Waals surface area contributed by atoms with Gasteiger partial charge in [0.15, 0.2) is 18.4 Å². The van der Waals surface area contributed by atoms with Crippen molar-refractivity contribution in [1.82, 2.24) is 0 Å². The van der Waals surface area contributed by atoms with Crippen molar-refractivity contribution in [2.45, 2.75) is 157 Å². The zero-order chi connectivity index (χ0) is 45.6. The van der Waals surface area contributed by atoms with E-state index in [1.165, 1.54) is 12.8 Å². The molecule has 364 valence electrons. The zero-order valence-corrected chi connectivity index (χ0v) is 36.3. The summed E-state index contributed by atoms with van der Waals surface area (Å²) < 4.78 is 161. The zero-order valence-electron chi connectivity index (χ0n) is 36.3. The average molecular weight is 931 g/mol. The summed E-state index contributed by atoms with van der Waals surface area (Å²) in [7, 11) is 0. The lowest BCUT2D eigenvalue weighted by Gasteiger charge is -2.57. The van der Waals surface area contributed by atoms with Crippen molar-refractivity contribution in [2.24, 2.45) is 58.2 Å². The molecule has 0 amide bonds. The molecule has 64 heavy (non-hydrogen) atoms. The van der Waals surface area contributed by atoms with Gasteiger partial charge in [0.25, 0.3) is 0 Å². The van der Waals surface area contributed by atoms with Crippen LogP contribution in [0.1, 0.15) is 110 Å². The van der Waals surface area contributed by atoms with E-state index < -0.39 is 115 Å². The van der Waals surface area contributed by atoms with Crippen molar-refractivity contribution in [2.75, 3.05) is 52.9 Å². The number of fused-ring (bicyclic) bond motifs is 7. The molecule has 0 radical (unpaired) electrons. The Bertz CT molecular complexity index is 1680. The second-order valence-corrected chi connectivity index (χ2v) is 21.7. The second kappa shape index (κ2) is 17.0. The SMILES string of the molecule is CC1CC2CC(C(=O)OCC3(COC(=O)C45CCCC(CC(C6OCC(F)(F)C(F)(F)CO6)C4)C5)COC(C4CC5CCCC(C5)C4)OC3)CC(O)(C2)C12OCC(F)(F)C(F)(F)CO2. The predicted octanol–water partition coefficient (Wildman–Crippen LogP) is 8.08. The van der Waals surface area contributed by atoms with Gasteiger partial charge in [-0.3, -0.25) is 9.59 Å². The maximum Gasteiger partial charge on any atom is 0.335 e. The topological polar surface area (TPSA) is 128 Å². The van der Waals surface area contributed by atoms with Gasteiger partial charge in [-0.2, -0.15) is 35.1 Å². The highest BCUT2D eigenvalue weighted by molar-refractivity contribution is 5.77. The minimum Gasteiger partial charge on any atom is -0.465 e. The standard InChI is InChI=1S/C45H62F8O11/c1-26-8-30-13-32(17-40(56,15-30)45(26)63-24-43(50,51)44(52,53)25-64-45)34(54)57-18-38(19-58-35(59-20-38)31-10-27-4-2-5-28(9-27)11-31)21-62-37(55)39-7-3-6-29(14-39)12-33(16-39)36-60-22-41(46,47)42(48,49)23-61-36/h26-33,35-36,56H,2-25H2,1H3. The number of alkyl halides is 8. The summed E-state index contributed by atoms with van der Waals surface area (Å²) in [5.74, 6) is -22.9. The van der Waals surface area contributed by atoms with Crippen LogP contribution >= 0.6 is 0 Å². The van der Waals surface area contributed by atoms with E-state index in [0.717, 1.165) is 32.1 Å². The third-order valence-corrected chi connectivity index (χ3v) is 16.7. The van der Waals surface area contributed by atoms with Crippen LogP contribution in [0.25, 0.3) is 0 Å². The lowest BCUT2D eigenvalue weighted by molar-refractivity contribution is -0.369. The van der Waals surface area contributed by atoms with Crippen LogP contribution in [-0.4, -0.2) is 118 Å². The molecular formula is C45H62F8O11. The number of rotatable bonds is 8. The van der Waals surface area contributed by atoms with Crippen LogP contribution in [0.2, 0.25) is 0 Å². The first kappa shape index (κ1) is 47.2. The van der Waals surface area contributed by atoms with Crippen LogP contribution in [0.5, 0.6) is 0 Å². The molecular weight excluding hydrogens is 868 g/mol. The molecule has 3 heterocycles. The molecule has 6 aliphatic carbocycles. The Morgan fingerprint density at radius 2 is 1.12 bits per heavy atom. The first-order valence-corrected chi connectivity index (χ1v) is 23.4. The van der Waals surface area contributed by atoms with E-state index in [0.29, 0.717) is 37.5 Å². The van der Waals surface area contributed by atoms with E-state index in [9.17, 15) is 49.8 Å². The number of halogens is 8. The molecule has 11 nitrogen and oxygen atoms in total. The Hall–Kier alpha value is -1.90. The number of hydrogen-bond acceptors (Lipinski definition) is 11. The van der Waals surface area contributed by atoms with Crippen LogP contribution < -0.4 is 0 Å². The van der Waals surface area contributed by atoms with Crippen LogP contribution in [0.15, 0.2) is 0 Å². The maximum absolute atomic E-state index is 14.5. The Labute approximate surface area is 367 Å². The number of carbonyl (C=O) groups is 2. The summed E-state index contributed by atoms with van der Waals surface area (Å²) in [6, 6.07) is 0. The van der Waals surface area contributed by atoms with Gasteiger partial charge in [-0.25, -0.2) is 0 Å². The third-order valence-electron chi connectivity index (χ3n) is 16.7. The van der Waals surface area contributed by atoms with E-state index in [4.69, 9.17) is 37.9 Å². The van der Waals surface area contributed by atoms with E-state index in [1.54, 1.807) is 6.92 Å². The van der Waals surface area contributed by atoms with Crippen LogP contribution in [-0.2, 0) is 47.5 Å². The molecule has 3 saturated heterocycles. The van der Waals surface area contributed by atoms with Crippen LogP contribution in [0.4, 0.5) is 35.1 Å². The summed E-state index contributed by atoms with van der Waals surface area (Å²) in [4.78, 5) is 28.4. The predicted molar refractivity (Wildman–Crippen MR) is 205 cm³/mol. The van der Waals surface area contributed by atoms with Gasteiger partial charge in [0, 0.05) is 17.8 Å². The van der Waals surface area contributed by atoms with Crippen molar-refractivity contribution in [3.8, 4) is 0 Å². The number of esters is 2. The highest BCUT2D eigenvalue weighted by atomic mass is 19.3. The van der Waals surface area contributed by atoms with Crippen LogP contribution in [0.3, 0.4) is 0 Å².